The molecule has 5 heteroatoms. The molecule has 0 spiro atoms. The summed E-state index contributed by atoms with van der Waals surface area (Å²) in [5.41, 5.74) is 1.08. The molecule has 0 fully saturated rings. The zero-order chi connectivity index (χ0) is 13.8. The van der Waals surface area contributed by atoms with Gasteiger partial charge in [-0.25, -0.2) is 9.97 Å². The van der Waals surface area contributed by atoms with Crippen molar-refractivity contribution in [3.63, 3.8) is 0 Å². The molecule has 0 aliphatic carbocycles. The van der Waals surface area contributed by atoms with Gasteiger partial charge in [-0.15, -0.1) is 11.3 Å². The highest BCUT2D eigenvalue weighted by molar-refractivity contribution is 7.18. The Labute approximate surface area is 122 Å². The molecule has 0 atom stereocenters. The Kier molecular flexibility index (Phi) is 4.08. The third-order valence-electron chi connectivity index (χ3n) is 3.16. The summed E-state index contributed by atoms with van der Waals surface area (Å²) in [7, 11) is 0. The second-order valence-corrected chi connectivity index (χ2v) is 5.83. The van der Waals surface area contributed by atoms with Crippen molar-refractivity contribution in [2.24, 2.45) is 0 Å². The molecule has 1 aromatic carbocycles. The first-order chi connectivity index (χ1) is 9.86. The Morgan fingerprint density at radius 3 is 3.00 bits per heavy atom. The van der Waals surface area contributed by atoms with Crippen LogP contribution in [-0.4, -0.2) is 14.5 Å². The molecule has 104 valence electrons. The number of rotatable bonds is 6. The van der Waals surface area contributed by atoms with E-state index in [-0.39, 0.29) is 0 Å². The van der Waals surface area contributed by atoms with Gasteiger partial charge in [-0.3, -0.25) is 0 Å². The quantitative estimate of drug-likeness (QED) is 0.756. The minimum absolute atomic E-state index is 0.781. The van der Waals surface area contributed by atoms with Crippen LogP contribution in [-0.2, 0) is 19.6 Å². The normalized spacial score (nSPS) is 11.2. The molecule has 0 aliphatic heterocycles. The molecule has 0 radical (unpaired) electrons. The van der Waals surface area contributed by atoms with Gasteiger partial charge in [-0.2, -0.15) is 0 Å². The number of aryl methyl sites for hydroxylation is 1. The van der Waals surface area contributed by atoms with Crippen LogP contribution in [0.15, 0.2) is 36.7 Å². The second kappa shape index (κ2) is 6.15. The van der Waals surface area contributed by atoms with Crippen LogP contribution in [0.4, 0.5) is 0 Å². The van der Waals surface area contributed by atoms with Crippen molar-refractivity contribution in [3.8, 4) is 0 Å². The largest absolute Gasteiger partial charge is 0.334 e. The fraction of sp³-hybridized carbons (Fsp3) is 0.333. The molecule has 0 unspecified atom stereocenters. The first kappa shape index (κ1) is 13.3. The molecule has 3 rings (SSSR count). The Morgan fingerprint density at radius 1 is 1.25 bits per heavy atom. The lowest BCUT2D eigenvalue weighted by atomic mass is 10.3. The van der Waals surface area contributed by atoms with Crippen molar-refractivity contribution < 1.29 is 0 Å². The molecule has 3 aromatic rings. The summed E-state index contributed by atoms with van der Waals surface area (Å²) in [5, 5.41) is 4.55. The number of hydrogen-bond acceptors (Lipinski definition) is 4. The van der Waals surface area contributed by atoms with Crippen LogP contribution in [0.25, 0.3) is 10.2 Å². The third-order valence-corrected chi connectivity index (χ3v) is 4.20. The van der Waals surface area contributed by atoms with Crippen molar-refractivity contribution in [1.82, 2.24) is 19.9 Å². The summed E-state index contributed by atoms with van der Waals surface area (Å²) in [6.45, 7) is 4.78. The lowest BCUT2D eigenvalue weighted by molar-refractivity contribution is 0.588. The first-order valence-corrected chi connectivity index (χ1v) is 7.73. The van der Waals surface area contributed by atoms with E-state index in [9.17, 15) is 0 Å². The number of nitrogens with zero attached hydrogens (tertiary/aromatic N) is 3. The summed E-state index contributed by atoms with van der Waals surface area (Å²) >= 11 is 1.75. The van der Waals surface area contributed by atoms with Crippen molar-refractivity contribution in [2.75, 3.05) is 0 Å². The van der Waals surface area contributed by atoms with Gasteiger partial charge in [-0.1, -0.05) is 19.1 Å². The summed E-state index contributed by atoms with van der Waals surface area (Å²) in [5.74, 6) is 1.09. The number of benzene rings is 1. The standard InChI is InChI=1S/C15H18N4S/c1-2-8-19-9-7-17-14(19)10-16-11-15-18-12-5-3-4-6-13(12)20-15/h3-7,9,16H,2,8,10-11H2,1H3. The van der Waals surface area contributed by atoms with Gasteiger partial charge < -0.3 is 9.88 Å². The molecular formula is C15H18N4S. The van der Waals surface area contributed by atoms with E-state index in [1.165, 1.54) is 4.70 Å². The van der Waals surface area contributed by atoms with Gasteiger partial charge in [0.25, 0.3) is 0 Å². The molecule has 0 saturated carbocycles. The molecule has 0 amide bonds. The number of aromatic nitrogens is 3. The van der Waals surface area contributed by atoms with E-state index in [0.29, 0.717) is 0 Å². The smallest absolute Gasteiger partial charge is 0.122 e. The Bertz CT molecular complexity index is 653. The zero-order valence-electron chi connectivity index (χ0n) is 11.5. The van der Waals surface area contributed by atoms with Crippen LogP contribution in [0.5, 0.6) is 0 Å². The van der Waals surface area contributed by atoms with Crippen LogP contribution in [0, 0.1) is 0 Å². The van der Waals surface area contributed by atoms with Crippen LogP contribution in [0.1, 0.15) is 24.2 Å². The van der Waals surface area contributed by atoms with Gasteiger partial charge in [-0.05, 0) is 18.6 Å². The predicted octanol–water partition coefficient (Wildman–Crippen LogP) is 3.19. The maximum absolute atomic E-state index is 4.62. The van der Waals surface area contributed by atoms with Gasteiger partial charge in [0, 0.05) is 25.5 Å². The fourth-order valence-corrected chi connectivity index (χ4v) is 3.17. The average molecular weight is 286 g/mol. The summed E-state index contributed by atoms with van der Waals surface area (Å²) in [6, 6.07) is 8.26. The molecule has 4 nitrogen and oxygen atoms in total. The van der Waals surface area contributed by atoms with Gasteiger partial charge >= 0.3 is 0 Å². The highest BCUT2D eigenvalue weighted by atomic mass is 32.1. The van der Waals surface area contributed by atoms with Crippen molar-refractivity contribution in [2.45, 2.75) is 33.0 Å². The SMILES string of the molecule is CCCn1ccnc1CNCc1nc2ccccc2s1. The maximum atomic E-state index is 4.62. The van der Waals surface area contributed by atoms with E-state index in [2.05, 4.69) is 45.0 Å². The number of para-hydroxylation sites is 1. The van der Waals surface area contributed by atoms with E-state index in [1.54, 1.807) is 11.3 Å². The second-order valence-electron chi connectivity index (χ2n) is 4.72. The lowest BCUT2D eigenvalue weighted by Gasteiger charge is -2.06. The molecule has 0 aliphatic rings. The van der Waals surface area contributed by atoms with E-state index in [4.69, 9.17) is 0 Å². The summed E-state index contributed by atoms with van der Waals surface area (Å²) in [6.07, 6.45) is 5.03. The number of nitrogens with one attached hydrogen (secondary N) is 1. The Hall–Kier alpha value is -1.72. The van der Waals surface area contributed by atoms with E-state index >= 15 is 0 Å². The van der Waals surface area contributed by atoms with Crippen LogP contribution in [0.2, 0.25) is 0 Å². The average Bonchev–Trinajstić information content (AvgIpc) is 3.06. The predicted molar refractivity (Wildman–Crippen MR) is 82.7 cm³/mol. The van der Waals surface area contributed by atoms with Crippen molar-refractivity contribution >= 4 is 21.6 Å². The van der Waals surface area contributed by atoms with Gasteiger partial charge in [0.1, 0.15) is 10.8 Å². The van der Waals surface area contributed by atoms with E-state index in [0.717, 1.165) is 42.4 Å². The minimum atomic E-state index is 0.781. The molecule has 2 aromatic heterocycles. The van der Waals surface area contributed by atoms with Crippen molar-refractivity contribution in [1.29, 1.82) is 0 Å². The summed E-state index contributed by atoms with van der Waals surface area (Å²) < 4.78 is 3.45. The third kappa shape index (κ3) is 2.89. The monoisotopic (exact) mass is 286 g/mol. The molecule has 0 saturated heterocycles. The van der Waals surface area contributed by atoms with Gasteiger partial charge in [0.15, 0.2) is 0 Å². The number of fused-ring (bicyclic) bond motifs is 1. The van der Waals surface area contributed by atoms with E-state index < -0.39 is 0 Å². The zero-order valence-corrected chi connectivity index (χ0v) is 12.4. The van der Waals surface area contributed by atoms with E-state index in [1.807, 2.05) is 18.5 Å². The molecule has 20 heavy (non-hydrogen) atoms. The topological polar surface area (TPSA) is 42.7 Å². The van der Waals surface area contributed by atoms with Crippen LogP contribution < -0.4 is 5.32 Å². The Morgan fingerprint density at radius 2 is 2.15 bits per heavy atom. The first-order valence-electron chi connectivity index (χ1n) is 6.92. The van der Waals surface area contributed by atoms with Gasteiger partial charge in [0.2, 0.25) is 0 Å². The van der Waals surface area contributed by atoms with Gasteiger partial charge in [0.05, 0.1) is 16.8 Å². The highest BCUT2D eigenvalue weighted by Gasteiger charge is 2.04. The van der Waals surface area contributed by atoms with Crippen LogP contribution >= 0.6 is 11.3 Å². The Balaban J connectivity index is 1.60. The van der Waals surface area contributed by atoms with Crippen molar-refractivity contribution in [3.05, 3.63) is 47.5 Å². The number of hydrogen-bond donors (Lipinski definition) is 1. The molecule has 2 heterocycles. The number of thiazole rings is 1. The summed E-state index contributed by atoms with van der Waals surface area (Å²) in [4.78, 5) is 9.01. The number of imidazole rings is 1. The molecule has 1 N–H and O–H groups in total. The maximum Gasteiger partial charge on any atom is 0.122 e. The lowest BCUT2D eigenvalue weighted by Crippen LogP contribution is -2.16. The molecular weight excluding hydrogens is 268 g/mol. The molecule has 0 bridgehead atoms. The highest BCUT2D eigenvalue weighted by Crippen LogP contribution is 2.21. The minimum Gasteiger partial charge on any atom is -0.334 e. The van der Waals surface area contributed by atoms with Crippen LogP contribution in [0.3, 0.4) is 0 Å². The fourth-order valence-electron chi connectivity index (χ4n) is 2.23.